The summed E-state index contributed by atoms with van der Waals surface area (Å²) in [4.78, 5) is 13.8. The van der Waals surface area contributed by atoms with Gasteiger partial charge in [0.25, 0.3) is 0 Å². The standard InChI is InChI=1S/C19H22N2O5/c1-12(3-6-18(22)23-2)21-8-7-15-14(10-21)19(20-26-15)13-4-5-16-17(9-13)25-11-24-16/h4-5,9,12H,3,6-8,10-11H2,1-2H3/t12-/m1/s1. The molecule has 0 unspecified atom stereocenters. The lowest BCUT2D eigenvalue weighted by molar-refractivity contribution is -0.141. The van der Waals surface area contributed by atoms with Crippen molar-refractivity contribution in [2.24, 2.45) is 0 Å². The van der Waals surface area contributed by atoms with Gasteiger partial charge < -0.3 is 18.7 Å². The zero-order valence-corrected chi connectivity index (χ0v) is 15.0. The number of carbonyl (C=O) groups is 1. The lowest BCUT2D eigenvalue weighted by Gasteiger charge is -2.31. The Balaban J connectivity index is 1.52. The van der Waals surface area contributed by atoms with E-state index in [0.29, 0.717) is 6.42 Å². The number of rotatable bonds is 5. The molecule has 1 atom stereocenters. The fourth-order valence-electron chi connectivity index (χ4n) is 3.49. The lowest BCUT2D eigenvalue weighted by atomic mass is 9.99. The number of methoxy groups -OCH3 is 1. The molecule has 7 nitrogen and oxygen atoms in total. The molecule has 4 rings (SSSR count). The number of fused-ring (bicyclic) bond motifs is 2. The van der Waals surface area contributed by atoms with Gasteiger partial charge in [-0.3, -0.25) is 9.69 Å². The summed E-state index contributed by atoms with van der Waals surface area (Å²) in [6.45, 7) is 4.04. The second-order valence-corrected chi connectivity index (χ2v) is 6.69. The first-order chi connectivity index (χ1) is 12.7. The van der Waals surface area contributed by atoms with Crippen LogP contribution in [0.5, 0.6) is 11.5 Å². The molecule has 1 aromatic heterocycles. The first-order valence-electron chi connectivity index (χ1n) is 8.84. The summed E-state index contributed by atoms with van der Waals surface area (Å²) in [6, 6.07) is 6.10. The van der Waals surface area contributed by atoms with Crippen molar-refractivity contribution in [2.75, 3.05) is 20.4 Å². The van der Waals surface area contributed by atoms with Crippen LogP contribution in [0.15, 0.2) is 22.7 Å². The van der Waals surface area contributed by atoms with Crippen LogP contribution in [0.2, 0.25) is 0 Å². The Kier molecular flexibility index (Phi) is 4.55. The van der Waals surface area contributed by atoms with E-state index in [1.807, 2.05) is 18.2 Å². The van der Waals surface area contributed by atoms with Crippen molar-refractivity contribution in [3.8, 4) is 22.8 Å². The predicted molar refractivity (Wildman–Crippen MR) is 92.9 cm³/mol. The average molecular weight is 358 g/mol. The van der Waals surface area contributed by atoms with Crippen LogP contribution in [-0.4, -0.2) is 42.5 Å². The minimum atomic E-state index is -0.166. The van der Waals surface area contributed by atoms with E-state index in [-0.39, 0.29) is 18.8 Å². The van der Waals surface area contributed by atoms with E-state index in [1.165, 1.54) is 7.11 Å². The molecule has 0 radical (unpaired) electrons. The molecule has 0 N–H and O–H groups in total. The third-order valence-corrected chi connectivity index (χ3v) is 5.12. The van der Waals surface area contributed by atoms with E-state index in [1.54, 1.807) is 0 Å². The lowest BCUT2D eigenvalue weighted by Crippen LogP contribution is -2.37. The first-order valence-corrected chi connectivity index (χ1v) is 8.84. The van der Waals surface area contributed by atoms with E-state index < -0.39 is 0 Å². The summed E-state index contributed by atoms with van der Waals surface area (Å²) in [5, 5.41) is 4.30. The molecule has 7 heteroatoms. The fraction of sp³-hybridized carbons (Fsp3) is 0.474. The Bertz CT molecular complexity index is 816. The molecular formula is C19H22N2O5. The minimum Gasteiger partial charge on any atom is -0.469 e. The van der Waals surface area contributed by atoms with Crippen molar-refractivity contribution in [2.45, 2.75) is 38.8 Å². The van der Waals surface area contributed by atoms with Crippen LogP contribution in [0, 0.1) is 0 Å². The van der Waals surface area contributed by atoms with Crippen molar-refractivity contribution >= 4 is 5.97 Å². The maximum absolute atomic E-state index is 11.4. The Morgan fingerprint density at radius 3 is 3.04 bits per heavy atom. The van der Waals surface area contributed by atoms with Gasteiger partial charge in [0.1, 0.15) is 11.5 Å². The molecule has 0 aliphatic carbocycles. The number of aromatic nitrogens is 1. The van der Waals surface area contributed by atoms with E-state index in [9.17, 15) is 4.79 Å². The highest BCUT2D eigenvalue weighted by Gasteiger charge is 2.28. The average Bonchev–Trinajstić information content (AvgIpc) is 3.30. The van der Waals surface area contributed by atoms with E-state index in [2.05, 4.69) is 17.0 Å². The Morgan fingerprint density at radius 2 is 2.19 bits per heavy atom. The molecule has 1 aromatic carbocycles. The summed E-state index contributed by atoms with van der Waals surface area (Å²) in [6.07, 6.45) is 2.02. The Labute approximate surface area is 151 Å². The van der Waals surface area contributed by atoms with Crippen molar-refractivity contribution in [1.82, 2.24) is 10.1 Å². The third kappa shape index (κ3) is 3.14. The molecule has 26 heavy (non-hydrogen) atoms. The van der Waals surface area contributed by atoms with E-state index >= 15 is 0 Å². The second kappa shape index (κ2) is 6.99. The minimum absolute atomic E-state index is 0.166. The van der Waals surface area contributed by atoms with Gasteiger partial charge in [-0.1, -0.05) is 5.16 Å². The Morgan fingerprint density at radius 1 is 1.35 bits per heavy atom. The summed E-state index contributed by atoms with van der Waals surface area (Å²) >= 11 is 0. The van der Waals surface area contributed by atoms with Crippen LogP contribution in [0.4, 0.5) is 0 Å². The van der Waals surface area contributed by atoms with Gasteiger partial charge in [-0.15, -0.1) is 0 Å². The first kappa shape index (κ1) is 16.9. The Hall–Kier alpha value is -2.54. The quantitative estimate of drug-likeness (QED) is 0.761. The number of carbonyl (C=O) groups excluding carboxylic acids is 1. The summed E-state index contributed by atoms with van der Waals surface area (Å²) < 4.78 is 21.2. The van der Waals surface area contributed by atoms with Gasteiger partial charge in [0.15, 0.2) is 11.5 Å². The molecular weight excluding hydrogens is 336 g/mol. The molecule has 0 spiro atoms. The molecule has 2 aliphatic heterocycles. The number of esters is 1. The van der Waals surface area contributed by atoms with Gasteiger partial charge in [-0.25, -0.2) is 0 Å². The fourth-order valence-corrected chi connectivity index (χ4v) is 3.49. The maximum Gasteiger partial charge on any atom is 0.305 e. The molecule has 138 valence electrons. The van der Waals surface area contributed by atoms with Crippen LogP contribution < -0.4 is 9.47 Å². The van der Waals surface area contributed by atoms with Crippen LogP contribution >= 0.6 is 0 Å². The van der Waals surface area contributed by atoms with Gasteiger partial charge in [-0.2, -0.15) is 0 Å². The maximum atomic E-state index is 11.4. The van der Waals surface area contributed by atoms with Crippen molar-refractivity contribution in [3.63, 3.8) is 0 Å². The molecule has 2 aliphatic rings. The highest BCUT2D eigenvalue weighted by Crippen LogP contribution is 2.38. The number of nitrogens with zero attached hydrogens (tertiary/aromatic N) is 2. The van der Waals surface area contributed by atoms with E-state index in [4.69, 9.17) is 18.7 Å². The van der Waals surface area contributed by atoms with E-state index in [0.717, 1.165) is 60.0 Å². The summed E-state index contributed by atoms with van der Waals surface area (Å²) in [5.74, 6) is 2.26. The molecule has 0 saturated carbocycles. The highest BCUT2D eigenvalue weighted by molar-refractivity contribution is 5.69. The predicted octanol–water partition coefficient (Wildman–Crippen LogP) is 2.77. The second-order valence-electron chi connectivity index (χ2n) is 6.69. The van der Waals surface area contributed by atoms with Gasteiger partial charge in [-0.05, 0) is 31.5 Å². The van der Waals surface area contributed by atoms with Gasteiger partial charge >= 0.3 is 5.97 Å². The van der Waals surface area contributed by atoms with Crippen molar-refractivity contribution in [3.05, 3.63) is 29.5 Å². The number of ether oxygens (including phenoxy) is 3. The molecule has 0 bridgehead atoms. The molecule has 3 heterocycles. The molecule has 2 aromatic rings. The van der Waals surface area contributed by atoms with Gasteiger partial charge in [0, 0.05) is 43.1 Å². The zero-order chi connectivity index (χ0) is 18.1. The normalized spacial score (nSPS) is 17.0. The largest absolute Gasteiger partial charge is 0.469 e. The number of hydrogen-bond acceptors (Lipinski definition) is 7. The topological polar surface area (TPSA) is 74.0 Å². The third-order valence-electron chi connectivity index (χ3n) is 5.12. The van der Waals surface area contributed by atoms with Crippen LogP contribution in [0.25, 0.3) is 11.3 Å². The molecule has 0 saturated heterocycles. The number of benzene rings is 1. The SMILES string of the molecule is COC(=O)CC[C@@H](C)N1CCc2onc(-c3ccc4c(c3)OCO4)c2C1. The monoisotopic (exact) mass is 358 g/mol. The molecule has 0 amide bonds. The van der Waals surface area contributed by atoms with Crippen LogP contribution in [-0.2, 0) is 22.5 Å². The summed E-state index contributed by atoms with van der Waals surface area (Å²) in [7, 11) is 1.43. The number of hydrogen-bond donors (Lipinski definition) is 0. The van der Waals surface area contributed by atoms with Crippen LogP contribution in [0.3, 0.4) is 0 Å². The smallest absolute Gasteiger partial charge is 0.305 e. The highest BCUT2D eigenvalue weighted by atomic mass is 16.7. The summed E-state index contributed by atoms with van der Waals surface area (Å²) in [5.41, 5.74) is 2.92. The van der Waals surface area contributed by atoms with Gasteiger partial charge in [0.05, 0.1) is 7.11 Å². The van der Waals surface area contributed by atoms with Crippen molar-refractivity contribution < 1.29 is 23.5 Å². The van der Waals surface area contributed by atoms with Crippen LogP contribution in [0.1, 0.15) is 31.1 Å². The van der Waals surface area contributed by atoms with Gasteiger partial charge in [0.2, 0.25) is 6.79 Å². The van der Waals surface area contributed by atoms with Crippen molar-refractivity contribution in [1.29, 1.82) is 0 Å². The zero-order valence-electron chi connectivity index (χ0n) is 15.0. The molecule has 0 fully saturated rings.